The Morgan fingerprint density at radius 3 is 2.41 bits per heavy atom. The van der Waals surface area contributed by atoms with E-state index in [2.05, 4.69) is 15.5 Å². The number of carbonyl (C=O) groups is 1. The molecule has 3 rings (SSSR count). The molecule has 1 heterocycles. The van der Waals surface area contributed by atoms with E-state index in [-0.39, 0.29) is 12.5 Å². The molecule has 27 heavy (non-hydrogen) atoms. The first-order chi connectivity index (χ1) is 13.1. The first kappa shape index (κ1) is 18.2. The zero-order chi connectivity index (χ0) is 19.2. The largest absolute Gasteiger partial charge is 0.497 e. The van der Waals surface area contributed by atoms with Crippen LogP contribution in [0.15, 0.2) is 46.9 Å². The minimum absolute atomic E-state index is 0.145. The van der Waals surface area contributed by atoms with Gasteiger partial charge >= 0.3 is 0 Å². The summed E-state index contributed by atoms with van der Waals surface area (Å²) < 4.78 is 21.3. The second-order valence-corrected chi connectivity index (χ2v) is 5.55. The van der Waals surface area contributed by atoms with Crippen LogP contribution in [0.4, 0.5) is 5.69 Å². The summed E-state index contributed by atoms with van der Waals surface area (Å²) in [4.78, 5) is 12.1. The molecule has 2 aromatic carbocycles. The van der Waals surface area contributed by atoms with E-state index in [0.29, 0.717) is 34.7 Å². The number of amides is 1. The summed E-state index contributed by atoms with van der Waals surface area (Å²) in [7, 11) is 3.08. The number of anilines is 1. The van der Waals surface area contributed by atoms with Gasteiger partial charge in [-0.05, 0) is 36.4 Å². The first-order valence-corrected chi connectivity index (χ1v) is 8.14. The number of ether oxygens (including phenoxy) is 3. The van der Waals surface area contributed by atoms with E-state index < -0.39 is 0 Å². The second kappa shape index (κ2) is 8.22. The van der Waals surface area contributed by atoms with Crippen molar-refractivity contribution >= 4 is 11.6 Å². The summed E-state index contributed by atoms with van der Waals surface area (Å²) in [5.74, 6) is 2.31. The quantitative estimate of drug-likeness (QED) is 0.684. The smallest absolute Gasteiger partial charge is 0.262 e. The number of rotatable bonds is 7. The molecule has 8 heteroatoms. The van der Waals surface area contributed by atoms with Crippen molar-refractivity contribution in [3.05, 3.63) is 48.4 Å². The molecule has 0 aliphatic heterocycles. The summed E-state index contributed by atoms with van der Waals surface area (Å²) >= 11 is 0. The molecule has 0 radical (unpaired) electrons. The molecule has 1 N–H and O–H groups in total. The van der Waals surface area contributed by atoms with Crippen molar-refractivity contribution in [2.45, 2.75) is 6.92 Å². The van der Waals surface area contributed by atoms with Crippen LogP contribution in [0.1, 0.15) is 5.89 Å². The van der Waals surface area contributed by atoms with Gasteiger partial charge in [-0.2, -0.15) is 0 Å². The molecule has 0 unspecified atom stereocenters. The molecule has 1 aromatic heterocycles. The van der Waals surface area contributed by atoms with Crippen molar-refractivity contribution < 1.29 is 23.4 Å². The molecule has 0 spiro atoms. The summed E-state index contributed by atoms with van der Waals surface area (Å²) in [6.45, 7) is 1.58. The van der Waals surface area contributed by atoms with Crippen LogP contribution in [0.3, 0.4) is 0 Å². The molecular formula is C19H19N3O5. The molecular weight excluding hydrogens is 350 g/mol. The first-order valence-electron chi connectivity index (χ1n) is 8.14. The van der Waals surface area contributed by atoms with E-state index in [0.717, 1.165) is 5.56 Å². The molecule has 1 amide bonds. The van der Waals surface area contributed by atoms with Gasteiger partial charge in [0.25, 0.3) is 5.91 Å². The van der Waals surface area contributed by atoms with E-state index in [1.165, 1.54) is 7.11 Å². The number of aryl methyl sites for hydroxylation is 1. The average Bonchev–Trinajstić information content (AvgIpc) is 3.13. The van der Waals surface area contributed by atoms with Gasteiger partial charge in [0.2, 0.25) is 11.8 Å². The Morgan fingerprint density at radius 1 is 1.04 bits per heavy atom. The zero-order valence-electron chi connectivity index (χ0n) is 15.2. The van der Waals surface area contributed by atoms with Crippen LogP contribution in [0.2, 0.25) is 0 Å². The highest BCUT2D eigenvalue weighted by atomic mass is 16.5. The lowest BCUT2D eigenvalue weighted by atomic mass is 10.2. The van der Waals surface area contributed by atoms with Crippen LogP contribution in [0.25, 0.3) is 11.5 Å². The predicted octanol–water partition coefficient (Wildman–Crippen LogP) is 3.08. The van der Waals surface area contributed by atoms with Gasteiger partial charge < -0.3 is 23.9 Å². The second-order valence-electron chi connectivity index (χ2n) is 5.55. The van der Waals surface area contributed by atoms with Crippen molar-refractivity contribution in [1.82, 2.24) is 10.2 Å². The molecule has 140 valence electrons. The summed E-state index contributed by atoms with van der Waals surface area (Å²) in [6.07, 6.45) is 0. The normalized spacial score (nSPS) is 10.3. The Balaban J connectivity index is 1.58. The van der Waals surface area contributed by atoms with E-state index in [1.54, 1.807) is 56.5 Å². The van der Waals surface area contributed by atoms with Crippen LogP contribution >= 0.6 is 0 Å². The van der Waals surface area contributed by atoms with Gasteiger partial charge in [-0.15, -0.1) is 10.2 Å². The minimum atomic E-state index is -0.310. The van der Waals surface area contributed by atoms with Crippen molar-refractivity contribution in [3.8, 4) is 28.7 Å². The lowest BCUT2D eigenvalue weighted by Crippen LogP contribution is -2.20. The van der Waals surface area contributed by atoms with Gasteiger partial charge in [0.05, 0.1) is 19.9 Å². The van der Waals surface area contributed by atoms with Gasteiger partial charge in [0, 0.05) is 18.6 Å². The number of benzene rings is 2. The number of hydrogen-bond acceptors (Lipinski definition) is 7. The fourth-order valence-corrected chi connectivity index (χ4v) is 2.34. The SMILES string of the molecule is COc1ccc(NC(=O)COc2ccc(-c3nnc(C)o3)cc2)c(OC)c1. The van der Waals surface area contributed by atoms with Crippen LogP contribution < -0.4 is 19.5 Å². The van der Waals surface area contributed by atoms with Gasteiger partial charge in [0.15, 0.2) is 6.61 Å². The number of nitrogens with one attached hydrogen (secondary N) is 1. The standard InChI is InChI=1S/C19H19N3O5/c1-12-21-22-19(27-12)13-4-6-14(7-5-13)26-11-18(23)20-16-9-8-15(24-2)10-17(16)25-3/h4-10H,11H2,1-3H3,(H,20,23). The topological polar surface area (TPSA) is 95.7 Å². The Hall–Kier alpha value is -3.55. The van der Waals surface area contributed by atoms with Gasteiger partial charge in [-0.25, -0.2) is 0 Å². The third-order valence-electron chi connectivity index (χ3n) is 3.68. The lowest BCUT2D eigenvalue weighted by Gasteiger charge is -2.12. The van der Waals surface area contributed by atoms with Crippen LogP contribution in [-0.2, 0) is 4.79 Å². The van der Waals surface area contributed by atoms with Crippen molar-refractivity contribution in [1.29, 1.82) is 0 Å². The maximum Gasteiger partial charge on any atom is 0.262 e. The highest BCUT2D eigenvalue weighted by Crippen LogP contribution is 2.29. The molecule has 0 fully saturated rings. The molecule has 0 saturated heterocycles. The Kier molecular flexibility index (Phi) is 5.55. The lowest BCUT2D eigenvalue weighted by molar-refractivity contribution is -0.118. The molecule has 8 nitrogen and oxygen atoms in total. The maximum absolute atomic E-state index is 12.1. The fraction of sp³-hybridized carbons (Fsp3) is 0.211. The van der Waals surface area contributed by atoms with E-state index in [1.807, 2.05) is 0 Å². The van der Waals surface area contributed by atoms with Gasteiger partial charge in [-0.1, -0.05) is 0 Å². The minimum Gasteiger partial charge on any atom is -0.497 e. The Labute approximate surface area is 156 Å². The summed E-state index contributed by atoms with van der Waals surface area (Å²) in [5, 5.41) is 10.5. The molecule has 0 aliphatic rings. The highest BCUT2D eigenvalue weighted by Gasteiger charge is 2.10. The van der Waals surface area contributed by atoms with Crippen LogP contribution in [0, 0.1) is 6.92 Å². The highest BCUT2D eigenvalue weighted by molar-refractivity contribution is 5.93. The van der Waals surface area contributed by atoms with Crippen molar-refractivity contribution in [2.75, 3.05) is 26.1 Å². The van der Waals surface area contributed by atoms with Gasteiger partial charge in [0.1, 0.15) is 17.2 Å². The number of carbonyl (C=O) groups excluding carboxylic acids is 1. The number of nitrogens with zero attached hydrogens (tertiary/aromatic N) is 2. The molecule has 0 aliphatic carbocycles. The Bertz CT molecular complexity index is 921. The van der Waals surface area contributed by atoms with Gasteiger partial charge in [-0.3, -0.25) is 4.79 Å². The number of methoxy groups -OCH3 is 2. The number of hydrogen-bond donors (Lipinski definition) is 1. The van der Waals surface area contributed by atoms with E-state index in [9.17, 15) is 4.79 Å². The van der Waals surface area contributed by atoms with Crippen molar-refractivity contribution in [2.24, 2.45) is 0 Å². The fourth-order valence-electron chi connectivity index (χ4n) is 2.34. The maximum atomic E-state index is 12.1. The zero-order valence-corrected chi connectivity index (χ0v) is 15.2. The Morgan fingerprint density at radius 2 is 1.78 bits per heavy atom. The molecule has 0 saturated carbocycles. The third-order valence-corrected chi connectivity index (χ3v) is 3.68. The third kappa shape index (κ3) is 4.55. The van der Waals surface area contributed by atoms with Crippen LogP contribution in [-0.4, -0.2) is 36.9 Å². The molecule has 0 atom stereocenters. The van der Waals surface area contributed by atoms with Crippen LogP contribution in [0.5, 0.6) is 17.2 Å². The predicted molar refractivity (Wildman–Crippen MR) is 98.1 cm³/mol. The molecule has 0 bridgehead atoms. The number of aromatic nitrogens is 2. The van der Waals surface area contributed by atoms with E-state index >= 15 is 0 Å². The monoisotopic (exact) mass is 369 g/mol. The summed E-state index contributed by atoms with van der Waals surface area (Å²) in [5.41, 5.74) is 1.31. The molecule has 3 aromatic rings. The summed E-state index contributed by atoms with van der Waals surface area (Å²) in [6, 6.07) is 12.2. The average molecular weight is 369 g/mol. The van der Waals surface area contributed by atoms with E-state index in [4.69, 9.17) is 18.6 Å². The van der Waals surface area contributed by atoms with Crippen molar-refractivity contribution in [3.63, 3.8) is 0 Å².